The van der Waals surface area contributed by atoms with E-state index in [0.29, 0.717) is 50.0 Å². The number of carbonyl (C=O) groups is 1. The Hall–Kier alpha value is -2.82. The predicted molar refractivity (Wildman–Crippen MR) is 123 cm³/mol. The van der Waals surface area contributed by atoms with Crippen LogP contribution in [0.15, 0.2) is 41.3 Å². The number of fused-ring (bicyclic) bond motifs is 1. The van der Waals surface area contributed by atoms with Crippen LogP contribution in [0.25, 0.3) is 0 Å². The standard InChI is InChI=1S/C24H28N2O7S/c1-30-21-7-5-18(16-23(21)34(28,29)25-9-11-31-12-10-25)24(27)26-8-2-3-19(26)17-4-6-20-22(15-17)33-14-13-32-20/h4-7,15-16,19H,2-3,8-14H2,1H3/t19-/m0/s1. The summed E-state index contributed by atoms with van der Waals surface area (Å²) in [5.41, 5.74) is 1.29. The zero-order valence-corrected chi connectivity index (χ0v) is 19.9. The molecular formula is C24H28N2O7S. The Bertz CT molecular complexity index is 1180. The zero-order valence-electron chi connectivity index (χ0n) is 19.1. The summed E-state index contributed by atoms with van der Waals surface area (Å²) in [5.74, 6) is 1.40. The minimum absolute atomic E-state index is 0.00201. The smallest absolute Gasteiger partial charge is 0.254 e. The second kappa shape index (κ2) is 9.44. The molecule has 2 aromatic rings. The van der Waals surface area contributed by atoms with Crippen LogP contribution in [0.4, 0.5) is 0 Å². The average Bonchev–Trinajstić information content (AvgIpc) is 3.38. The number of ether oxygens (including phenoxy) is 4. The Balaban J connectivity index is 1.44. The van der Waals surface area contributed by atoms with Crippen molar-refractivity contribution in [3.63, 3.8) is 0 Å². The molecule has 0 N–H and O–H groups in total. The van der Waals surface area contributed by atoms with E-state index in [1.165, 1.54) is 17.5 Å². The van der Waals surface area contributed by atoms with Crippen LogP contribution in [0, 0.1) is 0 Å². The van der Waals surface area contributed by atoms with Crippen LogP contribution in [0.1, 0.15) is 34.8 Å². The van der Waals surface area contributed by atoms with Gasteiger partial charge in [-0.15, -0.1) is 0 Å². The first-order chi connectivity index (χ1) is 16.5. The minimum Gasteiger partial charge on any atom is -0.495 e. The molecule has 0 spiro atoms. The van der Waals surface area contributed by atoms with Gasteiger partial charge in [-0.3, -0.25) is 4.79 Å². The van der Waals surface area contributed by atoms with Crippen LogP contribution in [-0.4, -0.2) is 76.7 Å². The molecule has 9 nitrogen and oxygen atoms in total. The van der Waals surface area contributed by atoms with Crippen molar-refractivity contribution in [3.8, 4) is 17.2 Å². The van der Waals surface area contributed by atoms with Crippen molar-refractivity contribution in [1.29, 1.82) is 0 Å². The molecule has 0 aromatic heterocycles. The maximum absolute atomic E-state index is 13.6. The van der Waals surface area contributed by atoms with Crippen molar-refractivity contribution in [2.24, 2.45) is 0 Å². The number of methoxy groups -OCH3 is 1. The molecule has 34 heavy (non-hydrogen) atoms. The van der Waals surface area contributed by atoms with E-state index >= 15 is 0 Å². The molecule has 0 unspecified atom stereocenters. The quantitative estimate of drug-likeness (QED) is 0.638. The summed E-state index contributed by atoms with van der Waals surface area (Å²) in [6.07, 6.45) is 1.68. The molecule has 2 fully saturated rings. The number of sulfonamides is 1. The minimum atomic E-state index is -3.83. The first kappa shape index (κ1) is 22.9. The van der Waals surface area contributed by atoms with E-state index in [-0.39, 0.29) is 35.7 Å². The van der Waals surface area contributed by atoms with Crippen molar-refractivity contribution < 1.29 is 32.2 Å². The van der Waals surface area contributed by atoms with Crippen LogP contribution in [0.2, 0.25) is 0 Å². The fourth-order valence-electron chi connectivity index (χ4n) is 4.73. The number of rotatable bonds is 5. The molecular weight excluding hydrogens is 460 g/mol. The lowest BCUT2D eigenvalue weighted by Crippen LogP contribution is -2.40. The van der Waals surface area contributed by atoms with E-state index in [1.54, 1.807) is 17.0 Å². The lowest BCUT2D eigenvalue weighted by molar-refractivity contribution is 0.0726. The first-order valence-corrected chi connectivity index (χ1v) is 12.9. The monoisotopic (exact) mass is 488 g/mol. The van der Waals surface area contributed by atoms with Crippen molar-refractivity contribution in [2.45, 2.75) is 23.8 Å². The normalized spacial score (nSPS) is 20.9. The fraction of sp³-hybridized carbons (Fsp3) is 0.458. The molecule has 2 saturated heterocycles. The number of hydrogen-bond donors (Lipinski definition) is 0. The molecule has 3 aliphatic heterocycles. The van der Waals surface area contributed by atoms with Gasteiger partial charge in [0, 0.05) is 25.2 Å². The maximum atomic E-state index is 13.6. The van der Waals surface area contributed by atoms with Gasteiger partial charge in [-0.2, -0.15) is 4.31 Å². The Morgan fingerprint density at radius 2 is 1.74 bits per heavy atom. The van der Waals surface area contributed by atoms with E-state index in [1.807, 2.05) is 18.2 Å². The van der Waals surface area contributed by atoms with Gasteiger partial charge in [0.05, 0.1) is 26.4 Å². The van der Waals surface area contributed by atoms with Crippen molar-refractivity contribution in [2.75, 3.05) is 53.2 Å². The number of benzene rings is 2. The van der Waals surface area contributed by atoms with Gasteiger partial charge in [0.15, 0.2) is 11.5 Å². The molecule has 3 heterocycles. The molecule has 5 rings (SSSR count). The summed E-state index contributed by atoms with van der Waals surface area (Å²) >= 11 is 0. The molecule has 182 valence electrons. The largest absolute Gasteiger partial charge is 0.495 e. The van der Waals surface area contributed by atoms with Gasteiger partial charge in [0.2, 0.25) is 10.0 Å². The summed E-state index contributed by atoms with van der Waals surface area (Å²) in [6, 6.07) is 10.3. The van der Waals surface area contributed by atoms with Crippen LogP contribution in [0.5, 0.6) is 17.2 Å². The van der Waals surface area contributed by atoms with Crippen LogP contribution < -0.4 is 14.2 Å². The van der Waals surface area contributed by atoms with Crippen LogP contribution in [0.3, 0.4) is 0 Å². The highest BCUT2D eigenvalue weighted by Crippen LogP contribution is 2.39. The molecule has 1 amide bonds. The van der Waals surface area contributed by atoms with Crippen molar-refractivity contribution in [3.05, 3.63) is 47.5 Å². The lowest BCUT2D eigenvalue weighted by atomic mass is 10.0. The molecule has 0 saturated carbocycles. The summed E-state index contributed by atoms with van der Waals surface area (Å²) in [4.78, 5) is 15.4. The van der Waals surface area contributed by atoms with E-state index < -0.39 is 10.0 Å². The molecule has 0 aliphatic carbocycles. The number of hydrogen-bond acceptors (Lipinski definition) is 7. The first-order valence-electron chi connectivity index (χ1n) is 11.5. The molecule has 10 heteroatoms. The summed E-state index contributed by atoms with van der Waals surface area (Å²) in [5, 5.41) is 0. The van der Waals surface area contributed by atoms with Crippen LogP contribution >= 0.6 is 0 Å². The number of nitrogens with zero attached hydrogens (tertiary/aromatic N) is 2. The van der Waals surface area contributed by atoms with Gasteiger partial charge in [-0.05, 0) is 48.7 Å². The number of carbonyl (C=O) groups excluding carboxylic acids is 1. The summed E-state index contributed by atoms with van der Waals surface area (Å²) in [6.45, 7) is 2.82. The van der Waals surface area contributed by atoms with Crippen molar-refractivity contribution >= 4 is 15.9 Å². The summed E-state index contributed by atoms with van der Waals surface area (Å²) < 4.78 is 50.0. The molecule has 3 aliphatic rings. The Kier molecular flexibility index (Phi) is 6.37. The van der Waals surface area contributed by atoms with Crippen LogP contribution in [-0.2, 0) is 14.8 Å². The Morgan fingerprint density at radius 1 is 0.971 bits per heavy atom. The van der Waals surface area contributed by atoms with Gasteiger partial charge in [-0.1, -0.05) is 6.07 Å². The van der Waals surface area contributed by atoms with E-state index in [4.69, 9.17) is 18.9 Å². The van der Waals surface area contributed by atoms with E-state index in [0.717, 1.165) is 18.4 Å². The Labute approximate surface area is 199 Å². The highest BCUT2D eigenvalue weighted by Gasteiger charge is 2.34. The lowest BCUT2D eigenvalue weighted by Gasteiger charge is -2.28. The highest BCUT2D eigenvalue weighted by molar-refractivity contribution is 7.89. The third-order valence-electron chi connectivity index (χ3n) is 6.46. The van der Waals surface area contributed by atoms with E-state index in [2.05, 4.69) is 0 Å². The average molecular weight is 489 g/mol. The topological polar surface area (TPSA) is 94.6 Å². The zero-order chi connectivity index (χ0) is 23.7. The van der Waals surface area contributed by atoms with Gasteiger partial charge >= 0.3 is 0 Å². The molecule has 0 bridgehead atoms. The summed E-state index contributed by atoms with van der Waals surface area (Å²) in [7, 11) is -2.41. The SMILES string of the molecule is COc1ccc(C(=O)N2CCC[C@H]2c2ccc3c(c2)OCCO3)cc1S(=O)(=O)N1CCOCC1. The Morgan fingerprint density at radius 3 is 2.50 bits per heavy atom. The highest BCUT2D eigenvalue weighted by atomic mass is 32.2. The predicted octanol–water partition coefficient (Wildman–Crippen LogP) is 2.46. The third kappa shape index (κ3) is 4.21. The van der Waals surface area contributed by atoms with Crippen molar-refractivity contribution in [1.82, 2.24) is 9.21 Å². The number of amides is 1. The number of likely N-dealkylation sites (tertiary alicyclic amines) is 1. The molecule has 2 aromatic carbocycles. The molecule has 0 radical (unpaired) electrons. The third-order valence-corrected chi connectivity index (χ3v) is 8.38. The van der Waals surface area contributed by atoms with E-state index in [9.17, 15) is 13.2 Å². The van der Waals surface area contributed by atoms with Gasteiger partial charge < -0.3 is 23.8 Å². The van der Waals surface area contributed by atoms with Gasteiger partial charge in [0.25, 0.3) is 5.91 Å². The van der Waals surface area contributed by atoms with Gasteiger partial charge in [-0.25, -0.2) is 8.42 Å². The molecule has 1 atom stereocenters. The fourth-order valence-corrected chi connectivity index (χ4v) is 6.32. The number of morpholine rings is 1. The second-order valence-electron chi connectivity index (χ2n) is 8.44. The van der Waals surface area contributed by atoms with Gasteiger partial charge in [0.1, 0.15) is 23.9 Å². The maximum Gasteiger partial charge on any atom is 0.254 e. The second-order valence-corrected chi connectivity index (χ2v) is 10.3.